The van der Waals surface area contributed by atoms with Gasteiger partial charge in [-0.1, -0.05) is 28.9 Å². The summed E-state index contributed by atoms with van der Waals surface area (Å²) in [5.74, 6) is -0.736. The Morgan fingerprint density at radius 2 is 2.22 bits per heavy atom. The molecule has 0 aromatic heterocycles. The van der Waals surface area contributed by atoms with Crippen LogP contribution in [0.5, 0.6) is 0 Å². The minimum atomic E-state index is -0.597. The zero-order valence-electron chi connectivity index (χ0n) is 10.7. The van der Waals surface area contributed by atoms with Crippen LogP contribution in [0.25, 0.3) is 0 Å². The van der Waals surface area contributed by atoms with Gasteiger partial charge in [0.05, 0.1) is 7.11 Å². The first-order valence-corrected chi connectivity index (χ1v) is 6.57. The molecule has 0 aliphatic heterocycles. The summed E-state index contributed by atoms with van der Waals surface area (Å²) in [5, 5.41) is 3.17. The molecule has 0 bridgehead atoms. The molecular weight excluding hydrogens is 301 g/mol. The number of benzene rings is 1. The predicted octanol–water partition coefficient (Wildman–Crippen LogP) is 3.19. The third-order valence-corrected chi connectivity index (χ3v) is 3.46. The lowest BCUT2D eigenvalue weighted by molar-refractivity contribution is -0.143. The van der Waals surface area contributed by atoms with Gasteiger partial charge in [0.1, 0.15) is 11.9 Å². The van der Waals surface area contributed by atoms with Crippen LogP contribution in [0.3, 0.4) is 0 Å². The van der Waals surface area contributed by atoms with Crippen LogP contribution in [0.1, 0.15) is 31.9 Å². The van der Waals surface area contributed by atoms with Crippen LogP contribution in [0.4, 0.5) is 4.39 Å². The number of halogens is 2. The van der Waals surface area contributed by atoms with Crippen LogP contribution in [-0.4, -0.2) is 19.1 Å². The Bertz CT molecular complexity index is 425. The van der Waals surface area contributed by atoms with E-state index in [2.05, 4.69) is 21.2 Å². The zero-order valence-corrected chi connectivity index (χ0v) is 12.3. The molecule has 0 radical (unpaired) electrons. The number of ether oxygens (including phenoxy) is 1. The summed E-state index contributed by atoms with van der Waals surface area (Å²) in [5.41, 5.74) is 0.670. The molecule has 0 fully saturated rings. The maximum Gasteiger partial charge on any atom is 0.327 e. The van der Waals surface area contributed by atoms with E-state index in [0.29, 0.717) is 10.0 Å². The smallest absolute Gasteiger partial charge is 0.327 e. The van der Waals surface area contributed by atoms with Gasteiger partial charge in [0, 0.05) is 10.5 Å². The fraction of sp³-hybridized carbons (Fsp3) is 0.462. The van der Waals surface area contributed by atoms with Crippen molar-refractivity contribution in [3.63, 3.8) is 0 Å². The Balaban J connectivity index is 3.05. The second kappa shape index (κ2) is 6.85. The van der Waals surface area contributed by atoms with Crippen molar-refractivity contribution in [3.05, 3.63) is 34.1 Å². The summed E-state index contributed by atoms with van der Waals surface area (Å²) >= 11 is 3.27. The molecule has 0 aliphatic rings. The van der Waals surface area contributed by atoms with E-state index in [4.69, 9.17) is 4.74 Å². The first kappa shape index (κ1) is 15.1. The SMILES string of the molecule is CCC(C)NC(C(=O)OC)c1ccc(F)cc1Br. The molecule has 0 heterocycles. The highest BCUT2D eigenvalue weighted by molar-refractivity contribution is 9.10. The van der Waals surface area contributed by atoms with E-state index in [1.165, 1.54) is 19.2 Å². The Hall–Kier alpha value is -0.940. The van der Waals surface area contributed by atoms with Crippen molar-refractivity contribution in [2.24, 2.45) is 0 Å². The molecule has 3 nitrogen and oxygen atoms in total. The summed E-state index contributed by atoms with van der Waals surface area (Å²) in [6, 6.07) is 3.81. The van der Waals surface area contributed by atoms with Crippen molar-refractivity contribution < 1.29 is 13.9 Å². The van der Waals surface area contributed by atoms with Crippen LogP contribution >= 0.6 is 15.9 Å². The number of hydrogen-bond acceptors (Lipinski definition) is 3. The monoisotopic (exact) mass is 317 g/mol. The largest absolute Gasteiger partial charge is 0.468 e. The van der Waals surface area contributed by atoms with E-state index in [-0.39, 0.29) is 17.8 Å². The third kappa shape index (κ3) is 3.78. The molecular formula is C13H17BrFNO2. The van der Waals surface area contributed by atoms with E-state index in [1.807, 2.05) is 13.8 Å². The maximum atomic E-state index is 13.1. The Morgan fingerprint density at radius 1 is 1.56 bits per heavy atom. The number of carbonyl (C=O) groups is 1. The molecule has 1 aromatic carbocycles. The van der Waals surface area contributed by atoms with Gasteiger partial charge in [-0.25, -0.2) is 9.18 Å². The first-order chi connectivity index (χ1) is 8.49. The van der Waals surface area contributed by atoms with Crippen molar-refractivity contribution >= 4 is 21.9 Å². The molecule has 0 spiro atoms. The zero-order chi connectivity index (χ0) is 13.7. The van der Waals surface area contributed by atoms with Gasteiger partial charge in [0.15, 0.2) is 0 Å². The van der Waals surface area contributed by atoms with Gasteiger partial charge >= 0.3 is 5.97 Å². The molecule has 1 N–H and O–H groups in total. The molecule has 18 heavy (non-hydrogen) atoms. The number of rotatable bonds is 5. The third-order valence-electron chi connectivity index (χ3n) is 2.77. The average molecular weight is 318 g/mol. The molecule has 0 saturated heterocycles. The number of methoxy groups -OCH3 is 1. The molecule has 100 valence electrons. The Kier molecular flexibility index (Phi) is 5.75. The van der Waals surface area contributed by atoms with Crippen molar-refractivity contribution in [3.8, 4) is 0 Å². The predicted molar refractivity (Wildman–Crippen MR) is 71.7 cm³/mol. The van der Waals surface area contributed by atoms with Crippen molar-refractivity contribution in [1.82, 2.24) is 5.32 Å². The van der Waals surface area contributed by atoms with Crippen molar-refractivity contribution in [2.45, 2.75) is 32.4 Å². The van der Waals surface area contributed by atoms with Crippen LogP contribution < -0.4 is 5.32 Å². The van der Waals surface area contributed by atoms with Crippen LogP contribution in [0.2, 0.25) is 0 Å². The average Bonchev–Trinajstić information content (AvgIpc) is 2.35. The van der Waals surface area contributed by atoms with E-state index >= 15 is 0 Å². The number of esters is 1. The number of nitrogens with one attached hydrogen (secondary N) is 1. The molecule has 0 saturated carbocycles. The molecule has 5 heteroatoms. The first-order valence-electron chi connectivity index (χ1n) is 5.78. The van der Waals surface area contributed by atoms with Gasteiger partial charge in [0.2, 0.25) is 0 Å². The van der Waals surface area contributed by atoms with Crippen molar-refractivity contribution in [2.75, 3.05) is 7.11 Å². The lowest BCUT2D eigenvalue weighted by Gasteiger charge is -2.21. The normalized spacial score (nSPS) is 14.1. The molecule has 1 rings (SSSR count). The summed E-state index contributed by atoms with van der Waals surface area (Å²) < 4.78 is 18.4. The Labute approximate surface area is 115 Å². The van der Waals surface area contributed by atoms with Gasteiger partial charge in [-0.15, -0.1) is 0 Å². The molecule has 1 aromatic rings. The highest BCUT2D eigenvalue weighted by atomic mass is 79.9. The molecule has 0 amide bonds. The topological polar surface area (TPSA) is 38.3 Å². The fourth-order valence-electron chi connectivity index (χ4n) is 1.54. The standard InChI is InChI=1S/C13H17BrFNO2/c1-4-8(2)16-12(13(17)18-3)10-6-5-9(15)7-11(10)14/h5-8,12,16H,4H2,1-3H3. The highest BCUT2D eigenvalue weighted by Gasteiger charge is 2.24. The van der Waals surface area contributed by atoms with E-state index in [0.717, 1.165) is 6.42 Å². The molecule has 2 unspecified atom stereocenters. The minimum absolute atomic E-state index is 0.158. The van der Waals surface area contributed by atoms with Gasteiger partial charge < -0.3 is 4.74 Å². The number of hydrogen-bond donors (Lipinski definition) is 1. The molecule has 0 aliphatic carbocycles. The summed E-state index contributed by atoms with van der Waals surface area (Å²) in [7, 11) is 1.34. The Morgan fingerprint density at radius 3 is 2.72 bits per heavy atom. The van der Waals surface area contributed by atoms with Crippen LogP contribution in [0.15, 0.2) is 22.7 Å². The fourth-order valence-corrected chi connectivity index (χ4v) is 2.12. The van der Waals surface area contributed by atoms with Crippen molar-refractivity contribution in [1.29, 1.82) is 0 Å². The van der Waals surface area contributed by atoms with Crippen LogP contribution in [0, 0.1) is 5.82 Å². The quantitative estimate of drug-likeness (QED) is 0.848. The second-order valence-electron chi connectivity index (χ2n) is 4.10. The van der Waals surface area contributed by atoms with Gasteiger partial charge in [0.25, 0.3) is 0 Å². The van der Waals surface area contributed by atoms with E-state index < -0.39 is 6.04 Å². The second-order valence-corrected chi connectivity index (χ2v) is 4.95. The summed E-state index contributed by atoms with van der Waals surface area (Å²) in [6.07, 6.45) is 0.881. The van der Waals surface area contributed by atoms with Gasteiger partial charge in [-0.05, 0) is 31.0 Å². The minimum Gasteiger partial charge on any atom is -0.468 e. The van der Waals surface area contributed by atoms with Gasteiger partial charge in [-0.2, -0.15) is 0 Å². The van der Waals surface area contributed by atoms with E-state index in [9.17, 15) is 9.18 Å². The highest BCUT2D eigenvalue weighted by Crippen LogP contribution is 2.26. The van der Waals surface area contributed by atoms with Gasteiger partial charge in [-0.3, -0.25) is 5.32 Å². The summed E-state index contributed by atoms with van der Waals surface area (Å²) in [4.78, 5) is 11.8. The molecule has 2 atom stereocenters. The van der Waals surface area contributed by atoms with Crippen LogP contribution in [-0.2, 0) is 9.53 Å². The lowest BCUT2D eigenvalue weighted by Crippen LogP contribution is -2.35. The maximum absolute atomic E-state index is 13.1. The summed E-state index contributed by atoms with van der Waals surface area (Å²) in [6.45, 7) is 4.00. The lowest BCUT2D eigenvalue weighted by atomic mass is 10.1. The number of carbonyl (C=O) groups excluding carboxylic acids is 1. The van der Waals surface area contributed by atoms with E-state index in [1.54, 1.807) is 6.07 Å².